The van der Waals surface area contributed by atoms with Crippen molar-refractivity contribution in [1.82, 2.24) is 5.32 Å². The number of carbonyl (C=O) groups is 2. The molecule has 7 nitrogen and oxygen atoms in total. The molecule has 0 saturated carbocycles. The number of ether oxygens (including phenoxy) is 2. The number of piperidine rings is 1. The molecule has 0 aliphatic carbocycles. The number of likely N-dealkylation sites (tertiary alicyclic amines) is 1. The van der Waals surface area contributed by atoms with Crippen LogP contribution < -0.4 is 25.0 Å². The van der Waals surface area contributed by atoms with E-state index in [1.54, 1.807) is 32.4 Å². The molecule has 30 heavy (non-hydrogen) atoms. The normalized spacial score (nSPS) is 18.4. The number of benzene rings is 2. The van der Waals surface area contributed by atoms with Crippen LogP contribution in [0.5, 0.6) is 11.5 Å². The maximum atomic E-state index is 13.0. The number of nitrogens with one attached hydrogen (secondary N) is 3. The van der Waals surface area contributed by atoms with Gasteiger partial charge in [0.25, 0.3) is 11.8 Å². The van der Waals surface area contributed by atoms with Crippen molar-refractivity contribution >= 4 is 17.5 Å². The first-order valence-electron chi connectivity index (χ1n) is 9.90. The largest absolute Gasteiger partial charge is 0.497 e. The lowest BCUT2D eigenvalue weighted by Gasteiger charge is -2.29. The molecule has 2 amide bonds. The standard InChI is InChI=1S/C22H26FN3O4/c1-29-18-7-8-19(20(13-18)30-2)25-21(27)14-26-11-9-17(10-12-26)24-22(28)15-3-5-16(23)6-4-15/h3-8,13,17H,9-12,14H2,1-2H3,(H,24,28)(H,25,27)/p+1. The van der Waals surface area contributed by atoms with Gasteiger partial charge in [-0.3, -0.25) is 9.59 Å². The van der Waals surface area contributed by atoms with E-state index in [4.69, 9.17) is 9.47 Å². The van der Waals surface area contributed by atoms with Crippen LogP contribution in [0.25, 0.3) is 0 Å². The molecule has 3 N–H and O–H groups in total. The molecule has 0 radical (unpaired) electrons. The second-order valence-corrected chi connectivity index (χ2v) is 7.30. The van der Waals surface area contributed by atoms with Crippen LogP contribution >= 0.6 is 0 Å². The number of amides is 2. The van der Waals surface area contributed by atoms with Gasteiger partial charge in [0.05, 0.1) is 33.0 Å². The predicted molar refractivity (Wildman–Crippen MR) is 111 cm³/mol. The van der Waals surface area contributed by atoms with E-state index in [1.165, 1.54) is 24.3 Å². The summed E-state index contributed by atoms with van der Waals surface area (Å²) in [5.41, 5.74) is 1.04. The maximum Gasteiger partial charge on any atom is 0.279 e. The third kappa shape index (κ3) is 5.70. The highest BCUT2D eigenvalue weighted by atomic mass is 19.1. The highest BCUT2D eigenvalue weighted by molar-refractivity contribution is 5.94. The molecular formula is C22H27FN3O4+. The molecule has 1 aliphatic rings. The SMILES string of the molecule is COc1ccc(NC(=O)C[NH+]2CCC(NC(=O)c3ccc(F)cc3)CC2)c(OC)c1. The lowest BCUT2D eigenvalue weighted by molar-refractivity contribution is -0.897. The van der Waals surface area contributed by atoms with Gasteiger partial charge in [-0.1, -0.05) is 0 Å². The van der Waals surface area contributed by atoms with E-state index in [2.05, 4.69) is 10.6 Å². The molecule has 1 fully saturated rings. The topological polar surface area (TPSA) is 81.1 Å². The second-order valence-electron chi connectivity index (χ2n) is 7.30. The molecule has 2 aromatic rings. The predicted octanol–water partition coefficient (Wildman–Crippen LogP) is 1.26. The van der Waals surface area contributed by atoms with E-state index in [-0.39, 0.29) is 23.7 Å². The molecule has 3 rings (SSSR count). The molecule has 1 aliphatic heterocycles. The molecule has 1 saturated heterocycles. The van der Waals surface area contributed by atoms with Gasteiger partial charge in [0.15, 0.2) is 6.54 Å². The Hall–Kier alpha value is -3.13. The summed E-state index contributed by atoms with van der Waals surface area (Å²) in [6, 6.07) is 10.8. The summed E-state index contributed by atoms with van der Waals surface area (Å²) in [5.74, 6) is 0.532. The molecule has 0 unspecified atom stereocenters. The number of quaternary nitrogens is 1. The third-order valence-corrected chi connectivity index (χ3v) is 5.23. The van der Waals surface area contributed by atoms with Gasteiger partial charge in [0.2, 0.25) is 0 Å². The smallest absolute Gasteiger partial charge is 0.279 e. The van der Waals surface area contributed by atoms with E-state index in [9.17, 15) is 14.0 Å². The highest BCUT2D eigenvalue weighted by Crippen LogP contribution is 2.28. The Morgan fingerprint density at radius 2 is 1.77 bits per heavy atom. The molecular weight excluding hydrogens is 389 g/mol. The van der Waals surface area contributed by atoms with Crippen molar-refractivity contribution in [3.05, 3.63) is 53.8 Å². The van der Waals surface area contributed by atoms with Crippen molar-refractivity contribution in [1.29, 1.82) is 0 Å². The van der Waals surface area contributed by atoms with Crippen LogP contribution in [0.4, 0.5) is 10.1 Å². The minimum Gasteiger partial charge on any atom is -0.497 e. The zero-order valence-corrected chi connectivity index (χ0v) is 17.2. The summed E-state index contributed by atoms with van der Waals surface area (Å²) in [7, 11) is 3.11. The van der Waals surface area contributed by atoms with E-state index in [1.807, 2.05) is 0 Å². The summed E-state index contributed by atoms with van der Waals surface area (Å²) in [6.45, 7) is 1.90. The fourth-order valence-electron chi connectivity index (χ4n) is 3.54. The van der Waals surface area contributed by atoms with Gasteiger partial charge < -0.3 is 25.0 Å². The van der Waals surface area contributed by atoms with E-state index < -0.39 is 0 Å². The molecule has 0 atom stereocenters. The first-order valence-corrected chi connectivity index (χ1v) is 9.90. The zero-order valence-electron chi connectivity index (χ0n) is 17.2. The van der Waals surface area contributed by atoms with Gasteiger partial charge in [0, 0.05) is 30.5 Å². The summed E-state index contributed by atoms with van der Waals surface area (Å²) in [6.07, 6.45) is 1.56. The summed E-state index contributed by atoms with van der Waals surface area (Å²) in [5, 5.41) is 5.88. The van der Waals surface area contributed by atoms with E-state index >= 15 is 0 Å². The van der Waals surface area contributed by atoms with Crippen LogP contribution in [0.15, 0.2) is 42.5 Å². The number of hydrogen-bond donors (Lipinski definition) is 3. The van der Waals surface area contributed by atoms with Crippen LogP contribution in [-0.2, 0) is 4.79 Å². The van der Waals surface area contributed by atoms with Gasteiger partial charge in [-0.05, 0) is 36.4 Å². The number of rotatable bonds is 7. The minimum atomic E-state index is -0.367. The molecule has 0 spiro atoms. The van der Waals surface area contributed by atoms with Gasteiger partial charge in [-0.25, -0.2) is 4.39 Å². The second kappa shape index (κ2) is 10.1. The van der Waals surface area contributed by atoms with Gasteiger partial charge in [0.1, 0.15) is 17.3 Å². The van der Waals surface area contributed by atoms with Gasteiger partial charge in [-0.2, -0.15) is 0 Å². The number of hydrogen-bond acceptors (Lipinski definition) is 4. The van der Waals surface area contributed by atoms with Crippen molar-refractivity contribution in [3.63, 3.8) is 0 Å². The molecule has 1 heterocycles. The van der Waals surface area contributed by atoms with Gasteiger partial charge in [-0.15, -0.1) is 0 Å². The maximum absolute atomic E-state index is 13.0. The molecule has 2 aromatic carbocycles. The Balaban J connectivity index is 1.46. The van der Waals surface area contributed by atoms with Crippen molar-refractivity contribution in [2.75, 3.05) is 39.2 Å². The van der Waals surface area contributed by atoms with Crippen LogP contribution in [-0.4, -0.2) is 51.7 Å². The minimum absolute atomic E-state index is 0.0519. The first-order chi connectivity index (χ1) is 14.5. The van der Waals surface area contributed by atoms with Crippen LogP contribution in [0.1, 0.15) is 23.2 Å². The van der Waals surface area contributed by atoms with Crippen LogP contribution in [0.2, 0.25) is 0 Å². The number of halogens is 1. The molecule has 8 heteroatoms. The van der Waals surface area contributed by atoms with E-state index in [0.29, 0.717) is 29.3 Å². The number of methoxy groups -OCH3 is 2. The Labute approximate surface area is 175 Å². The van der Waals surface area contributed by atoms with Gasteiger partial charge >= 0.3 is 0 Å². The number of carbonyl (C=O) groups excluding carboxylic acids is 2. The summed E-state index contributed by atoms with van der Waals surface area (Å²) in [4.78, 5) is 25.9. The van der Waals surface area contributed by atoms with Crippen LogP contribution in [0.3, 0.4) is 0 Å². The average Bonchev–Trinajstić information content (AvgIpc) is 2.75. The van der Waals surface area contributed by atoms with Crippen molar-refractivity contribution < 1.29 is 28.4 Å². The van der Waals surface area contributed by atoms with E-state index in [0.717, 1.165) is 30.8 Å². The Kier molecular flexibility index (Phi) is 7.24. The fraction of sp³-hybridized carbons (Fsp3) is 0.364. The number of anilines is 1. The highest BCUT2D eigenvalue weighted by Gasteiger charge is 2.25. The lowest BCUT2D eigenvalue weighted by Crippen LogP contribution is -3.14. The molecule has 0 bridgehead atoms. The zero-order chi connectivity index (χ0) is 21.5. The Morgan fingerprint density at radius 1 is 1.07 bits per heavy atom. The monoisotopic (exact) mass is 416 g/mol. The molecule has 160 valence electrons. The summed E-state index contributed by atoms with van der Waals surface area (Å²) < 4.78 is 23.5. The molecule has 0 aromatic heterocycles. The fourth-order valence-corrected chi connectivity index (χ4v) is 3.54. The van der Waals surface area contributed by atoms with Crippen molar-refractivity contribution in [2.45, 2.75) is 18.9 Å². The lowest BCUT2D eigenvalue weighted by atomic mass is 10.0. The Morgan fingerprint density at radius 3 is 2.40 bits per heavy atom. The van der Waals surface area contributed by atoms with Crippen LogP contribution in [0, 0.1) is 5.82 Å². The van der Waals surface area contributed by atoms with Crippen molar-refractivity contribution in [2.24, 2.45) is 0 Å². The van der Waals surface area contributed by atoms with Crippen molar-refractivity contribution in [3.8, 4) is 11.5 Å². The average molecular weight is 416 g/mol. The third-order valence-electron chi connectivity index (χ3n) is 5.23. The Bertz CT molecular complexity index is 880. The summed E-state index contributed by atoms with van der Waals surface area (Å²) >= 11 is 0. The quantitative estimate of drug-likeness (QED) is 0.635. The first kappa shape index (κ1) is 21.6.